The van der Waals surface area contributed by atoms with Crippen LogP contribution in [0.5, 0.6) is 5.75 Å². The summed E-state index contributed by atoms with van der Waals surface area (Å²) >= 11 is 0. The molecule has 1 aromatic carbocycles. The highest BCUT2D eigenvalue weighted by atomic mass is 16.3. The van der Waals surface area contributed by atoms with Gasteiger partial charge in [-0.25, -0.2) is 0 Å². The van der Waals surface area contributed by atoms with Gasteiger partial charge in [-0.1, -0.05) is 18.2 Å². The Bertz CT molecular complexity index is 352. The molecule has 0 bridgehead atoms. The molecule has 0 aliphatic heterocycles. The number of hydrogen-bond donors (Lipinski definition) is 2. The SMILES string of the molecule is CCN(CCO)C(=O)Cc1ccccc1O. The number of carbonyl (C=O) groups excluding carboxylic acids is 1. The summed E-state index contributed by atoms with van der Waals surface area (Å²) in [4.78, 5) is 13.4. The second-order valence-electron chi connectivity index (χ2n) is 3.50. The Hall–Kier alpha value is -1.55. The fourth-order valence-electron chi connectivity index (χ4n) is 1.51. The van der Waals surface area contributed by atoms with Crippen molar-refractivity contribution >= 4 is 5.91 Å². The number of likely N-dealkylation sites (N-methyl/N-ethyl adjacent to an activating group) is 1. The molecule has 4 heteroatoms. The van der Waals surface area contributed by atoms with Gasteiger partial charge in [0.25, 0.3) is 0 Å². The van der Waals surface area contributed by atoms with Crippen LogP contribution in [0.4, 0.5) is 0 Å². The molecule has 1 amide bonds. The lowest BCUT2D eigenvalue weighted by Crippen LogP contribution is -2.34. The van der Waals surface area contributed by atoms with Crippen molar-refractivity contribution in [1.82, 2.24) is 4.90 Å². The van der Waals surface area contributed by atoms with E-state index in [0.29, 0.717) is 18.7 Å². The quantitative estimate of drug-likeness (QED) is 0.775. The van der Waals surface area contributed by atoms with Crippen LogP contribution in [0, 0.1) is 0 Å². The average molecular weight is 223 g/mol. The lowest BCUT2D eigenvalue weighted by atomic mass is 10.1. The van der Waals surface area contributed by atoms with Crippen molar-refractivity contribution in [3.63, 3.8) is 0 Å². The molecule has 88 valence electrons. The highest BCUT2D eigenvalue weighted by Gasteiger charge is 2.13. The van der Waals surface area contributed by atoms with Gasteiger partial charge in [-0.3, -0.25) is 4.79 Å². The van der Waals surface area contributed by atoms with Crippen LogP contribution in [0.25, 0.3) is 0 Å². The number of amides is 1. The first-order valence-corrected chi connectivity index (χ1v) is 5.34. The van der Waals surface area contributed by atoms with Crippen LogP contribution in [0.1, 0.15) is 12.5 Å². The Morgan fingerprint density at radius 1 is 1.38 bits per heavy atom. The van der Waals surface area contributed by atoms with E-state index in [9.17, 15) is 9.90 Å². The average Bonchev–Trinajstić information content (AvgIpc) is 2.29. The summed E-state index contributed by atoms with van der Waals surface area (Å²) in [7, 11) is 0. The van der Waals surface area contributed by atoms with Crippen molar-refractivity contribution in [2.45, 2.75) is 13.3 Å². The number of para-hydroxylation sites is 1. The molecule has 0 saturated carbocycles. The van der Waals surface area contributed by atoms with E-state index in [0.717, 1.165) is 0 Å². The summed E-state index contributed by atoms with van der Waals surface area (Å²) in [6, 6.07) is 6.78. The predicted molar refractivity (Wildman–Crippen MR) is 61.2 cm³/mol. The van der Waals surface area contributed by atoms with E-state index in [1.165, 1.54) is 0 Å². The van der Waals surface area contributed by atoms with Gasteiger partial charge in [-0.15, -0.1) is 0 Å². The lowest BCUT2D eigenvalue weighted by Gasteiger charge is -2.19. The van der Waals surface area contributed by atoms with Gasteiger partial charge < -0.3 is 15.1 Å². The summed E-state index contributed by atoms with van der Waals surface area (Å²) in [5.74, 6) is 0.0500. The monoisotopic (exact) mass is 223 g/mol. The van der Waals surface area contributed by atoms with Gasteiger partial charge in [0.1, 0.15) is 5.75 Å². The third-order valence-electron chi connectivity index (χ3n) is 2.44. The molecular weight excluding hydrogens is 206 g/mol. The van der Waals surface area contributed by atoms with Crippen molar-refractivity contribution in [1.29, 1.82) is 0 Å². The van der Waals surface area contributed by atoms with Crippen molar-refractivity contribution in [2.24, 2.45) is 0 Å². The number of aromatic hydroxyl groups is 1. The van der Waals surface area contributed by atoms with Gasteiger partial charge in [-0.05, 0) is 13.0 Å². The molecule has 0 heterocycles. The number of aliphatic hydroxyl groups excluding tert-OH is 1. The van der Waals surface area contributed by atoms with E-state index in [1.807, 2.05) is 6.92 Å². The molecule has 0 aliphatic carbocycles. The minimum atomic E-state index is -0.0851. The van der Waals surface area contributed by atoms with Crippen LogP contribution < -0.4 is 0 Å². The number of phenols is 1. The molecule has 16 heavy (non-hydrogen) atoms. The maximum atomic E-state index is 11.8. The first-order chi connectivity index (χ1) is 7.69. The van der Waals surface area contributed by atoms with Crippen molar-refractivity contribution in [3.8, 4) is 5.75 Å². The molecule has 0 radical (unpaired) electrons. The predicted octanol–water partition coefficient (Wildman–Crippen LogP) is 0.775. The largest absolute Gasteiger partial charge is 0.508 e. The highest BCUT2D eigenvalue weighted by Crippen LogP contribution is 2.16. The molecule has 0 atom stereocenters. The molecule has 0 spiro atoms. The number of rotatable bonds is 5. The number of nitrogens with zero attached hydrogens (tertiary/aromatic N) is 1. The van der Waals surface area contributed by atoms with Gasteiger partial charge in [0, 0.05) is 18.7 Å². The van der Waals surface area contributed by atoms with Crippen LogP contribution >= 0.6 is 0 Å². The summed E-state index contributed by atoms with van der Waals surface area (Å²) in [6.45, 7) is 2.72. The van der Waals surface area contributed by atoms with E-state index in [-0.39, 0.29) is 24.7 Å². The van der Waals surface area contributed by atoms with Crippen LogP contribution in [0.3, 0.4) is 0 Å². The van der Waals surface area contributed by atoms with Gasteiger partial charge in [0.05, 0.1) is 13.0 Å². The second-order valence-corrected chi connectivity index (χ2v) is 3.50. The summed E-state index contributed by atoms with van der Waals surface area (Å²) in [6.07, 6.45) is 0.167. The fourth-order valence-corrected chi connectivity index (χ4v) is 1.51. The summed E-state index contributed by atoms with van der Waals surface area (Å²) in [5, 5.41) is 18.3. The molecule has 1 aromatic rings. The normalized spacial score (nSPS) is 10.1. The van der Waals surface area contributed by atoms with Crippen molar-refractivity contribution in [3.05, 3.63) is 29.8 Å². The molecule has 4 nitrogen and oxygen atoms in total. The Kier molecular flexibility index (Phi) is 4.79. The van der Waals surface area contributed by atoms with Crippen molar-refractivity contribution in [2.75, 3.05) is 19.7 Å². The Labute approximate surface area is 95.1 Å². The fraction of sp³-hybridized carbons (Fsp3) is 0.417. The number of benzene rings is 1. The van der Waals surface area contributed by atoms with Gasteiger partial charge >= 0.3 is 0 Å². The number of phenolic OH excluding ortho intramolecular Hbond substituents is 1. The molecule has 0 aromatic heterocycles. The first kappa shape index (κ1) is 12.5. The van der Waals surface area contributed by atoms with E-state index in [1.54, 1.807) is 29.2 Å². The molecule has 0 saturated heterocycles. The number of aliphatic hydroxyl groups is 1. The molecule has 1 rings (SSSR count). The Balaban J connectivity index is 2.66. The molecule has 0 aliphatic rings. The summed E-state index contributed by atoms with van der Waals surface area (Å²) in [5.41, 5.74) is 0.615. The molecular formula is C12H17NO3. The highest BCUT2D eigenvalue weighted by molar-refractivity contribution is 5.79. The minimum Gasteiger partial charge on any atom is -0.508 e. The third-order valence-corrected chi connectivity index (χ3v) is 2.44. The summed E-state index contributed by atoms with van der Waals surface area (Å²) < 4.78 is 0. The third kappa shape index (κ3) is 3.24. The van der Waals surface area contributed by atoms with E-state index >= 15 is 0 Å². The van der Waals surface area contributed by atoms with Crippen LogP contribution in [-0.2, 0) is 11.2 Å². The zero-order valence-electron chi connectivity index (χ0n) is 9.39. The van der Waals surface area contributed by atoms with E-state index in [2.05, 4.69) is 0 Å². The number of carbonyl (C=O) groups is 1. The van der Waals surface area contributed by atoms with Crippen LogP contribution in [0.15, 0.2) is 24.3 Å². The van der Waals surface area contributed by atoms with Crippen LogP contribution in [-0.4, -0.2) is 40.7 Å². The minimum absolute atomic E-state index is 0.0413. The zero-order chi connectivity index (χ0) is 12.0. The maximum Gasteiger partial charge on any atom is 0.227 e. The van der Waals surface area contributed by atoms with E-state index in [4.69, 9.17) is 5.11 Å². The zero-order valence-corrected chi connectivity index (χ0v) is 9.39. The van der Waals surface area contributed by atoms with Gasteiger partial charge in [-0.2, -0.15) is 0 Å². The Morgan fingerprint density at radius 2 is 2.06 bits per heavy atom. The van der Waals surface area contributed by atoms with E-state index < -0.39 is 0 Å². The molecule has 0 fully saturated rings. The Morgan fingerprint density at radius 3 is 2.62 bits per heavy atom. The van der Waals surface area contributed by atoms with Gasteiger partial charge in [0.2, 0.25) is 5.91 Å². The lowest BCUT2D eigenvalue weighted by molar-refractivity contribution is -0.130. The first-order valence-electron chi connectivity index (χ1n) is 5.34. The van der Waals surface area contributed by atoms with Crippen molar-refractivity contribution < 1.29 is 15.0 Å². The van der Waals surface area contributed by atoms with Crippen LogP contribution in [0.2, 0.25) is 0 Å². The molecule has 0 unspecified atom stereocenters. The number of hydrogen-bond acceptors (Lipinski definition) is 3. The standard InChI is InChI=1S/C12H17NO3/c1-2-13(7-8-14)12(16)9-10-5-3-4-6-11(10)15/h3-6,14-15H,2,7-9H2,1H3. The topological polar surface area (TPSA) is 60.8 Å². The second kappa shape index (κ2) is 6.12. The smallest absolute Gasteiger partial charge is 0.227 e. The van der Waals surface area contributed by atoms with Gasteiger partial charge in [0.15, 0.2) is 0 Å². The molecule has 2 N–H and O–H groups in total. The maximum absolute atomic E-state index is 11.8.